The molecule has 3 aromatic rings. The summed E-state index contributed by atoms with van der Waals surface area (Å²) in [4.78, 5) is 4.42. The molecule has 0 aliphatic carbocycles. The van der Waals surface area contributed by atoms with E-state index in [-0.39, 0.29) is 0 Å². The predicted octanol–water partition coefficient (Wildman–Crippen LogP) is 7.92. The van der Waals surface area contributed by atoms with Crippen LogP contribution in [0.3, 0.4) is 0 Å². The van der Waals surface area contributed by atoms with Crippen molar-refractivity contribution >= 4 is 75.3 Å². The Balaban J connectivity index is 2.08. The molecule has 0 aliphatic rings. The fourth-order valence-corrected chi connectivity index (χ4v) is 3.48. The maximum absolute atomic E-state index is 6.18. The summed E-state index contributed by atoms with van der Waals surface area (Å²) < 4.78 is 0. The van der Waals surface area contributed by atoms with Gasteiger partial charge in [0.1, 0.15) is 0 Å². The molecule has 0 fully saturated rings. The number of hydrogen-bond donors (Lipinski definition) is 1. The lowest BCUT2D eigenvalue weighted by Gasteiger charge is -2.11. The zero-order valence-corrected chi connectivity index (χ0v) is 16.8. The van der Waals surface area contributed by atoms with Gasteiger partial charge in [-0.05, 0) is 35.9 Å². The van der Waals surface area contributed by atoms with E-state index in [1.54, 1.807) is 36.5 Å². The van der Waals surface area contributed by atoms with Crippen LogP contribution in [-0.2, 0) is 0 Å². The minimum atomic E-state index is 0.292. The Morgan fingerprint density at radius 1 is 0.640 bits per heavy atom. The van der Waals surface area contributed by atoms with Crippen molar-refractivity contribution < 1.29 is 0 Å². The van der Waals surface area contributed by atoms with Crippen molar-refractivity contribution in [3.05, 3.63) is 66.7 Å². The molecule has 0 unspecified atom stereocenters. The van der Waals surface area contributed by atoms with E-state index in [1.165, 1.54) is 0 Å². The summed E-state index contributed by atoms with van der Waals surface area (Å²) in [5.41, 5.74) is 9.36. The molecule has 128 valence electrons. The number of nitrogens with two attached hydrogens (primary N) is 1. The van der Waals surface area contributed by atoms with Crippen LogP contribution < -0.4 is 5.73 Å². The van der Waals surface area contributed by atoms with Crippen LogP contribution in [0.4, 0.5) is 5.69 Å². The van der Waals surface area contributed by atoms with E-state index >= 15 is 0 Å². The zero-order chi connectivity index (χ0) is 18.3. The first-order valence-electron chi connectivity index (χ1n) is 6.83. The summed E-state index contributed by atoms with van der Waals surface area (Å²) in [5.74, 6) is 0. The van der Waals surface area contributed by atoms with Crippen molar-refractivity contribution in [3.8, 4) is 22.4 Å². The van der Waals surface area contributed by atoms with E-state index in [0.717, 1.165) is 0 Å². The third kappa shape index (κ3) is 3.80. The highest BCUT2D eigenvalue weighted by Crippen LogP contribution is 2.39. The molecule has 0 bridgehead atoms. The van der Waals surface area contributed by atoms with E-state index in [9.17, 15) is 0 Å². The number of aromatic nitrogens is 1. The number of pyridine rings is 1. The molecule has 25 heavy (non-hydrogen) atoms. The van der Waals surface area contributed by atoms with Crippen molar-refractivity contribution in [2.75, 3.05) is 5.73 Å². The van der Waals surface area contributed by atoms with E-state index in [4.69, 9.17) is 75.3 Å². The third-order valence-electron chi connectivity index (χ3n) is 3.51. The summed E-state index contributed by atoms with van der Waals surface area (Å²) in [6.45, 7) is 0. The van der Waals surface area contributed by atoms with Gasteiger partial charge in [0.2, 0.25) is 0 Å². The monoisotopic (exact) mass is 450 g/mol. The lowest BCUT2D eigenvalue weighted by Crippen LogP contribution is -1.94. The van der Waals surface area contributed by atoms with Crippen LogP contribution in [0, 0.1) is 0 Å². The number of hydrogen-bond acceptors (Lipinski definition) is 2. The minimum Gasteiger partial charge on any atom is -0.398 e. The van der Waals surface area contributed by atoms with Crippen molar-refractivity contribution in [2.24, 2.45) is 0 Å². The standard InChI is InChI=1S/C17H8Cl6N2/c18-10-1-7(2-11(19)16(10)22)9-6-25-15(5-14(9)24)8-3-12(20)17(23)13(21)4-8/h1-6H,(H2,24,25). The van der Waals surface area contributed by atoms with Crippen LogP contribution in [0.5, 0.6) is 0 Å². The zero-order valence-electron chi connectivity index (χ0n) is 12.3. The molecule has 0 saturated carbocycles. The molecule has 1 heterocycles. The number of halogens is 6. The number of nitrogens with zero attached hydrogens (tertiary/aromatic N) is 1. The van der Waals surface area contributed by atoms with Crippen molar-refractivity contribution in [1.82, 2.24) is 4.98 Å². The first-order chi connectivity index (χ1) is 11.8. The van der Waals surface area contributed by atoms with Gasteiger partial charge in [0.05, 0.1) is 35.8 Å². The highest BCUT2D eigenvalue weighted by atomic mass is 35.5. The fourth-order valence-electron chi connectivity index (χ4n) is 2.28. The largest absolute Gasteiger partial charge is 0.398 e. The Bertz CT molecular complexity index is 941. The number of rotatable bonds is 2. The molecular formula is C17H8Cl6N2. The van der Waals surface area contributed by atoms with Gasteiger partial charge in [-0.2, -0.15) is 0 Å². The second kappa shape index (κ2) is 7.40. The molecule has 0 saturated heterocycles. The van der Waals surface area contributed by atoms with E-state index in [1.807, 2.05) is 0 Å². The van der Waals surface area contributed by atoms with E-state index in [0.29, 0.717) is 58.2 Å². The second-order valence-electron chi connectivity index (χ2n) is 5.16. The molecule has 0 radical (unpaired) electrons. The Hall–Kier alpha value is -0.870. The Kier molecular flexibility index (Phi) is 5.60. The van der Waals surface area contributed by atoms with Gasteiger partial charge < -0.3 is 5.73 Å². The van der Waals surface area contributed by atoms with Gasteiger partial charge in [0.25, 0.3) is 0 Å². The van der Waals surface area contributed by atoms with E-state index in [2.05, 4.69) is 4.98 Å². The summed E-state index contributed by atoms with van der Waals surface area (Å²) in [6.07, 6.45) is 1.62. The lowest BCUT2D eigenvalue weighted by molar-refractivity contribution is 1.33. The maximum atomic E-state index is 6.18. The topological polar surface area (TPSA) is 38.9 Å². The molecule has 0 aliphatic heterocycles. The predicted molar refractivity (Wildman–Crippen MR) is 110 cm³/mol. The van der Waals surface area contributed by atoms with Crippen LogP contribution in [0.25, 0.3) is 22.4 Å². The molecule has 2 N–H and O–H groups in total. The number of nitrogen functional groups attached to an aromatic ring is 1. The molecule has 3 rings (SSSR count). The van der Waals surface area contributed by atoms with E-state index < -0.39 is 0 Å². The quantitative estimate of drug-likeness (QED) is 0.401. The SMILES string of the molecule is Nc1cc(-c2cc(Cl)c(Cl)c(Cl)c2)ncc1-c1cc(Cl)c(Cl)c(Cl)c1. The summed E-state index contributed by atoms with van der Waals surface area (Å²) in [5, 5.41) is 1.94. The fraction of sp³-hybridized carbons (Fsp3) is 0. The summed E-state index contributed by atoms with van der Waals surface area (Å²) in [7, 11) is 0. The molecule has 8 heteroatoms. The molecule has 2 aromatic carbocycles. The van der Waals surface area contributed by atoms with Crippen molar-refractivity contribution in [2.45, 2.75) is 0 Å². The normalized spacial score (nSPS) is 11.0. The average Bonchev–Trinajstić information content (AvgIpc) is 2.56. The Morgan fingerprint density at radius 3 is 1.52 bits per heavy atom. The van der Waals surface area contributed by atoms with Gasteiger partial charge in [-0.3, -0.25) is 4.98 Å². The third-order valence-corrected chi connectivity index (χ3v) is 5.90. The highest BCUT2D eigenvalue weighted by molar-refractivity contribution is 6.49. The second-order valence-corrected chi connectivity index (χ2v) is 7.55. The van der Waals surface area contributed by atoms with Gasteiger partial charge in [0.15, 0.2) is 0 Å². The Morgan fingerprint density at radius 2 is 1.08 bits per heavy atom. The number of benzene rings is 2. The van der Waals surface area contributed by atoms with Gasteiger partial charge in [-0.1, -0.05) is 69.6 Å². The molecule has 1 aromatic heterocycles. The smallest absolute Gasteiger partial charge is 0.0778 e. The molecule has 0 spiro atoms. The molecule has 2 nitrogen and oxygen atoms in total. The Labute approximate surface area is 174 Å². The number of anilines is 1. The van der Waals surface area contributed by atoms with Crippen molar-refractivity contribution in [3.63, 3.8) is 0 Å². The highest BCUT2D eigenvalue weighted by Gasteiger charge is 2.13. The van der Waals surface area contributed by atoms with Crippen LogP contribution in [0.1, 0.15) is 0 Å². The first kappa shape index (κ1) is 18.9. The van der Waals surface area contributed by atoms with Gasteiger partial charge >= 0.3 is 0 Å². The van der Waals surface area contributed by atoms with Crippen molar-refractivity contribution in [1.29, 1.82) is 0 Å². The van der Waals surface area contributed by atoms with Gasteiger partial charge in [-0.15, -0.1) is 0 Å². The van der Waals surface area contributed by atoms with Gasteiger partial charge in [-0.25, -0.2) is 0 Å². The summed E-state index contributed by atoms with van der Waals surface area (Å²) in [6, 6.07) is 8.42. The van der Waals surface area contributed by atoms with Crippen LogP contribution in [0.2, 0.25) is 30.1 Å². The average molecular weight is 453 g/mol. The molecular weight excluding hydrogens is 445 g/mol. The maximum Gasteiger partial charge on any atom is 0.0778 e. The lowest BCUT2D eigenvalue weighted by atomic mass is 10.0. The molecule has 0 atom stereocenters. The minimum absolute atomic E-state index is 0.292. The van der Waals surface area contributed by atoms with Gasteiger partial charge in [0, 0.05) is 23.0 Å². The van der Waals surface area contributed by atoms with Crippen LogP contribution in [0.15, 0.2) is 36.5 Å². The van der Waals surface area contributed by atoms with Crippen LogP contribution in [-0.4, -0.2) is 4.98 Å². The summed E-state index contributed by atoms with van der Waals surface area (Å²) >= 11 is 36.2. The molecule has 0 amide bonds. The first-order valence-corrected chi connectivity index (χ1v) is 9.10. The van der Waals surface area contributed by atoms with Crippen LogP contribution >= 0.6 is 69.6 Å².